The first-order valence-corrected chi connectivity index (χ1v) is 7.38. The maximum Gasteiger partial charge on any atom is 0.0582 e. The third-order valence-corrected chi connectivity index (χ3v) is 4.08. The van der Waals surface area contributed by atoms with Gasteiger partial charge in [0.1, 0.15) is 0 Å². The van der Waals surface area contributed by atoms with Crippen LogP contribution in [0.1, 0.15) is 50.1 Å². The predicted molar refractivity (Wildman–Crippen MR) is 78.4 cm³/mol. The molecule has 0 radical (unpaired) electrons. The molecule has 3 heteroatoms. The molecule has 0 saturated carbocycles. The molecule has 1 aromatic rings. The molecule has 106 valence electrons. The number of rotatable bonds is 5. The second kappa shape index (κ2) is 6.49. The second-order valence-corrected chi connectivity index (χ2v) is 5.76. The molecule has 0 amide bonds. The molecule has 1 atom stereocenters. The first-order chi connectivity index (χ1) is 9.11. The average molecular weight is 262 g/mol. The van der Waals surface area contributed by atoms with Gasteiger partial charge in [-0.3, -0.25) is 9.88 Å². The predicted octanol–water partition coefficient (Wildman–Crippen LogP) is 2.99. The Kier molecular flexibility index (Phi) is 4.94. The standard InChI is InChI=1S/C16H26N2O/c1-5-14-6-7-15(13-8-9-19-11-13)16(17-14)10-18(4)12(2)3/h6-7,12-13H,5,8-11H2,1-4H3/t13-/m1/s1. The number of pyridine rings is 1. The van der Waals surface area contributed by atoms with Gasteiger partial charge in [-0.05, 0) is 45.4 Å². The van der Waals surface area contributed by atoms with E-state index in [1.54, 1.807) is 0 Å². The monoisotopic (exact) mass is 262 g/mol. The lowest BCUT2D eigenvalue weighted by atomic mass is 9.96. The molecule has 0 N–H and O–H groups in total. The van der Waals surface area contributed by atoms with E-state index in [1.165, 1.54) is 17.0 Å². The zero-order valence-electron chi connectivity index (χ0n) is 12.6. The van der Waals surface area contributed by atoms with Gasteiger partial charge in [0.2, 0.25) is 0 Å². The lowest BCUT2D eigenvalue weighted by molar-refractivity contribution is 0.193. The van der Waals surface area contributed by atoms with Crippen LogP contribution in [0.4, 0.5) is 0 Å². The molecular formula is C16H26N2O. The lowest BCUT2D eigenvalue weighted by Gasteiger charge is -2.23. The molecular weight excluding hydrogens is 236 g/mol. The quantitative estimate of drug-likeness (QED) is 0.815. The van der Waals surface area contributed by atoms with Crippen LogP contribution in [0.25, 0.3) is 0 Å². The molecule has 1 fully saturated rings. The van der Waals surface area contributed by atoms with Crippen molar-refractivity contribution in [2.75, 3.05) is 20.3 Å². The minimum absolute atomic E-state index is 0.536. The Hall–Kier alpha value is -0.930. The van der Waals surface area contributed by atoms with E-state index in [0.717, 1.165) is 32.6 Å². The van der Waals surface area contributed by atoms with Gasteiger partial charge in [-0.25, -0.2) is 0 Å². The van der Waals surface area contributed by atoms with E-state index in [-0.39, 0.29) is 0 Å². The highest BCUT2D eigenvalue weighted by molar-refractivity contribution is 5.28. The number of hydrogen-bond acceptors (Lipinski definition) is 3. The van der Waals surface area contributed by atoms with E-state index >= 15 is 0 Å². The van der Waals surface area contributed by atoms with Crippen LogP contribution in [0.15, 0.2) is 12.1 Å². The molecule has 3 nitrogen and oxygen atoms in total. The third kappa shape index (κ3) is 3.54. The SMILES string of the molecule is CCc1ccc([C@@H]2CCOC2)c(CN(C)C(C)C)n1. The molecule has 2 rings (SSSR count). The van der Waals surface area contributed by atoms with Crippen molar-refractivity contribution in [3.05, 3.63) is 29.1 Å². The zero-order chi connectivity index (χ0) is 13.8. The fourth-order valence-electron chi connectivity index (χ4n) is 2.45. The lowest BCUT2D eigenvalue weighted by Crippen LogP contribution is -2.27. The largest absolute Gasteiger partial charge is 0.381 e. The first kappa shape index (κ1) is 14.5. The van der Waals surface area contributed by atoms with Crippen molar-refractivity contribution >= 4 is 0 Å². The van der Waals surface area contributed by atoms with Gasteiger partial charge in [0.15, 0.2) is 0 Å². The van der Waals surface area contributed by atoms with Gasteiger partial charge in [-0.1, -0.05) is 13.0 Å². The van der Waals surface area contributed by atoms with Gasteiger partial charge < -0.3 is 4.74 Å². The Labute approximate surface area is 117 Å². The normalized spacial score (nSPS) is 19.6. The highest BCUT2D eigenvalue weighted by Gasteiger charge is 2.22. The number of nitrogens with zero attached hydrogens (tertiary/aromatic N) is 2. The van der Waals surface area contributed by atoms with Crippen LogP contribution >= 0.6 is 0 Å². The summed E-state index contributed by atoms with van der Waals surface area (Å²) >= 11 is 0. The van der Waals surface area contributed by atoms with E-state index in [2.05, 4.69) is 44.9 Å². The van der Waals surface area contributed by atoms with Gasteiger partial charge >= 0.3 is 0 Å². The minimum Gasteiger partial charge on any atom is -0.381 e. The molecule has 0 unspecified atom stereocenters. The van der Waals surface area contributed by atoms with Gasteiger partial charge in [-0.2, -0.15) is 0 Å². The molecule has 0 spiro atoms. The van der Waals surface area contributed by atoms with Gasteiger partial charge in [-0.15, -0.1) is 0 Å². The van der Waals surface area contributed by atoms with E-state index < -0.39 is 0 Å². The van der Waals surface area contributed by atoms with Crippen LogP contribution in [0.3, 0.4) is 0 Å². The summed E-state index contributed by atoms with van der Waals surface area (Å²) in [6.07, 6.45) is 2.13. The van der Waals surface area contributed by atoms with Crippen molar-refractivity contribution in [1.29, 1.82) is 0 Å². The summed E-state index contributed by atoms with van der Waals surface area (Å²) in [4.78, 5) is 7.21. The number of hydrogen-bond donors (Lipinski definition) is 0. The number of aromatic nitrogens is 1. The van der Waals surface area contributed by atoms with Crippen molar-refractivity contribution in [1.82, 2.24) is 9.88 Å². The van der Waals surface area contributed by atoms with Crippen molar-refractivity contribution in [2.24, 2.45) is 0 Å². The Morgan fingerprint density at radius 1 is 1.42 bits per heavy atom. The molecule has 19 heavy (non-hydrogen) atoms. The Bertz CT molecular complexity index is 411. The minimum atomic E-state index is 0.536. The van der Waals surface area contributed by atoms with Crippen LogP contribution in [0.2, 0.25) is 0 Å². The van der Waals surface area contributed by atoms with Gasteiger partial charge in [0, 0.05) is 30.8 Å². The first-order valence-electron chi connectivity index (χ1n) is 7.38. The van der Waals surface area contributed by atoms with Crippen LogP contribution in [-0.2, 0) is 17.7 Å². The zero-order valence-corrected chi connectivity index (χ0v) is 12.6. The summed E-state index contributed by atoms with van der Waals surface area (Å²) in [6, 6.07) is 4.99. The van der Waals surface area contributed by atoms with Crippen molar-refractivity contribution in [2.45, 2.75) is 52.1 Å². The second-order valence-electron chi connectivity index (χ2n) is 5.76. The number of aryl methyl sites for hydroxylation is 1. The fourth-order valence-corrected chi connectivity index (χ4v) is 2.45. The van der Waals surface area contributed by atoms with Gasteiger partial charge in [0.25, 0.3) is 0 Å². The maximum absolute atomic E-state index is 5.53. The van der Waals surface area contributed by atoms with Crippen LogP contribution in [0.5, 0.6) is 0 Å². The van der Waals surface area contributed by atoms with Crippen molar-refractivity contribution in [3.8, 4) is 0 Å². The summed E-state index contributed by atoms with van der Waals surface area (Å²) < 4.78 is 5.53. The summed E-state index contributed by atoms with van der Waals surface area (Å²) in [5.74, 6) is 0.536. The Morgan fingerprint density at radius 3 is 2.79 bits per heavy atom. The average Bonchev–Trinajstić information content (AvgIpc) is 2.92. The molecule has 1 saturated heterocycles. The molecule has 0 aromatic carbocycles. The van der Waals surface area contributed by atoms with Crippen molar-refractivity contribution in [3.63, 3.8) is 0 Å². The Morgan fingerprint density at radius 2 is 2.21 bits per heavy atom. The van der Waals surface area contributed by atoms with Crippen molar-refractivity contribution < 1.29 is 4.74 Å². The molecule has 0 aliphatic carbocycles. The molecule has 1 aromatic heterocycles. The maximum atomic E-state index is 5.53. The van der Waals surface area contributed by atoms with Crippen LogP contribution in [-0.4, -0.2) is 36.2 Å². The molecule has 2 heterocycles. The summed E-state index contributed by atoms with van der Waals surface area (Å²) in [5.41, 5.74) is 3.82. The van der Waals surface area contributed by atoms with E-state index in [9.17, 15) is 0 Å². The third-order valence-electron chi connectivity index (χ3n) is 4.08. The van der Waals surface area contributed by atoms with Gasteiger partial charge in [0.05, 0.1) is 12.3 Å². The fraction of sp³-hybridized carbons (Fsp3) is 0.688. The summed E-state index contributed by atoms with van der Waals surface area (Å²) in [5, 5.41) is 0. The van der Waals surface area contributed by atoms with E-state index in [1.807, 2.05) is 0 Å². The van der Waals surface area contributed by atoms with E-state index in [4.69, 9.17) is 9.72 Å². The molecule has 1 aliphatic heterocycles. The van der Waals surface area contributed by atoms with Crippen LogP contribution < -0.4 is 0 Å². The highest BCUT2D eigenvalue weighted by atomic mass is 16.5. The molecule has 1 aliphatic rings. The highest BCUT2D eigenvalue weighted by Crippen LogP contribution is 2.28. The number of ether oxygens (including phenoxy) is 1. The Balaban J connectivity index is 2.25. The topological polar surface area (TPSA) is 25.4 Å². The smallest absolute Gasteiger partial charge is 0.0582 e. The summed E-state index contributed by atoms with van der Waals surface area (Å²) in [7, 11) is 2.17. The summed E-state index contributed by atoms with van der Waals surface area (Å²) in [6.45, 7) is 9.28. The van der Waals surface area contributed by atoms with Crippen LogP contribution in [0, 0.1) is 0 Å². The molecule has 0 bridgehead atoms. The van der Waals surface area contributed by atoms with E-state index in [0.29, 0.717) is 12.0 Å².